The maximum atomic E-state index is 4.53. The van der Waals surface area contributed by atoms with E-state index in [0.717, 1.165) is 27.9 Å². The van der Waals surface area contributed by atoms with Crippen molar-refractivity contribution in [2.45, 2.75) is 6.92 Å². The van der Waals surface area contributed by atoms with E-state index in [-0.39, 0.29) is 0 Å². The number of thiophene rings is 1. The van der Waals surface area contributed by atoms with Gasteiger partial charge in [-0.05, 0) is 18.4 Å². The molecule has 1 aromatic carbocycles. The molecule has 3 rings (SSSR count). The second kappa shape index (κ2) is 4.66. The Hall–Kier alpha value is -2.07. The van der Waals surface area contributed by atoms with Crippen molar-refractivity contribution in [2.24, 2.45) is 0 Å². The van der Waals surface area contributed by atoms with Crippen LogP contribution in [0.15, 0.2) is 47.8 Å². The van der Waals surface area contributed by atoms with Crippen LogP contribution in [0.5, 0.6) is 0 Å². The first-order valence-corrected chi connectivity index (χ1v) is 6.53. The van der Waals surface area contributed by atoms with Crippen LogP contribution >= 0.6 is 11.3 Å². The third kappa shape index (κ3) is 2.15. The third-order valence-electron chi connectivity index (χ3n) is 2.52. The molecular weight excluding hydrogens is 242 g/mol. The number of aryl methyl sites for hydroxylation is 1. The molecule has 0 spiro atoms. The molecular formula is C14H11N3S. The highest BCUT2D eigenvalue weighted by atomic mass is 32.1. The van der Waals surface area contributed by atoms with Gasteiger partial charge in [0.2, 0.25) is 0 Å². The second-order valence-electron chi connectivity index (χ2n) is 3.87. The first-order valence-electron chi connectivity index (χ1n) is 5.65. The fourth-order valence-electron chi connectivity index (χ4n) is 1.71. The lowest BCUT2D eigenvalue weighted by Crippen LogP contribution is -1.98. The molecule has 0 aliphatic carbocycles. The highest BCUT2D eigenvalue weighted by Crippen LogP contribution is 2.23. The molecule has 0 aliphatic rings. The normalized spacial score (nSPS) is 10.5. The Bertz CT molecular complexity index is 648. The predicted octanol–water partition coefficient (Wildman–Crippen LogP) is 3.58. The van der Waals surface area contributed by atoms with E-state index in [9.17, 15) is 0 Å². The summed E-state index contributed by atoms with van der Waals surface area (Å²) in [4.78, 5) is 14.4. The molecule has 2 aromatic heterocycles. The van der Waals surface area contributed by atoms with E-state index in [1.54, 1.807) is 11.3 Å². The summed E-state index contributed by atoms with van der Waals surface area (Å²) in [5.74, 6) is 2.22. The number of rotatable bonds is 2. The van der Waals surface area contributed by atoms with E-state index in [0.29, 0.717) is 0 Å². The molecule has 0 radical (unpaired) electrons. The van der Waals surface area contributed by atoms with Gasteiger partial charge in [-0.1, -0.05) is 36.4 Å². The van der Waals surface area contributed by atoms with Crippen molar-refractivity contribution < 1.29 is 0 Å². The van der Waals surface area contributed by atoms with Crippen LogP contribution in [0.2, 0.25) is 0 Å². The second-order valence-corrected chi connectivity index (χ2v) is 4.82. The van der Waals surface area contributed by atoms with Crippen molar-refractivity contribution in [2.75, 3.05) is 0 Å². The van der Waals surface area contributed by atoms with Crippen LogP contribution < -0.4 is 0 Å². The molecule has 3 aromatic rings. The maximum Gasteiger partial charge on any atom is 0.173 e. The summed E-state index contributed by atoms with van der Waals surface area (Å²) in [5.41, 5.74) is 1.01. The van der Waals surface area contributed by atoms with Gasteiger partial charge in [-0.2, -0.15) is 0 Å². The largest absolute Gasteiger partial charge is 0.213 e. The lowest BCUT2D eigenvalue weighted by Gasteiger charge is -2.03. The standard InChI is InChI=1S/C14H11N3S/c1-10-15-13(11-6-3-2-4-7-11)17-14(16-10)12-8-5-9-18-12/h2-9H,1H3. The van der Waals surface area contributed by atoms with Gasteiger partial charge in [0.05, 0.1) is 4.88 Å². The van der Waals surface area contributed by atoms with Crippen molar-refractivity contribution in [1.82, 2.24) is 15.0 Å². The van der Waals surface area contributed by atoms with E-state index < -0.39 is 0 Å². The Kier molecular flexibility index (Phi) is 2.86. The van der Waals surface area contributed by atoms with Gasteiger partial charge in [0.25, 0.3) is 0 Å². The van der Waals surface area contributed by atoms with Gasteiger partial charge < -0.3 is 0 Å². The van der Waals surface area contributed by atoms with Crippen molar-refractivity contribution >= 4 is 11.3 Å². The number of nitrogens with zero attached hydrogens (tertiary/aromatic N) is 3. The van der Waals surface area contributed by atoms with Gasteiger partial charge in [0.1, 0.15) is 5.82 Å². The zero-order valence-electron chi connectivity index (χ0n) is 9.87. The maximum absolute atomic E-state index is 4.53. The Balaban J connectivity index is 2.12. The van der Waals surface area contributed by atoms with E-state index >= 15 is 0 Å². The minimum Gasteiger partial charge on any atom is -0.213 e. The molecule has 88 valence electrons. The molecule has 0 bridgehead atoms. The lowest BCUT2D eigenvalue weighted by atomic mass is 10.2. The molecule has 0 unspecified atom stereocenters. The minimum absolute atomic E-state index is 0.728. The van der Waals surface area contributed by atoms with Gasteiger partial charge in [0.15, 0.2) is 11.6 Å². The highest BCUT2D eigenvalue weighted by Gasteiger charge is 2.08. The lowest BCUT2D eigenvalue weighted by molar-refractivity contribution is 0.995. The monoisotopic (exact) mass is 253 g/mol. The van der Waals surface area contributed by atoms with Crippen LogP contribution in [-0.4, -0.2) is 15.0 Å². The molecule has 18 heavy (non-hydrogen) atoms. The van der Waals surface area contributed by atoms with Gasteiger partial charge in [0, 0.05) is 5.56 Å². The average molecular weight is 253 g/mol. The Morgan fingerprint density at radius 3 is 2.33 bits per heavy atom. The van der Waals surface area contributed by atoms with E-state index in [4.69, 9.17) is 0 Å². The van der Waals surface area contributed by atoms with Crippen LogP contribution in [-0.2, 0) is 0 Å². The summed E-state index contributed by atoms with van der Waals surface area (Å²) in [6.45, 7) is 1.89. The minimum atomic E-state index is 0.728. The van der Waals surface area contributed by atoms with Gasteiger partial charge in [-0.15, -0.1) is 11.3 Å². The molecule has 0 fully saturated rings. The van der Waals surface area contributed by atoms with Gasteiger partial charge in [-0.3, -0.25) is 0 Å². The summed E-state index contributed by atoms with van der Waals surface area (Å²) in [5, 5.41) is 2.02. The summed E-state index contributed by atoms with van der Waals surface area (Å²) in [6.07, 6.45) is 0. The molecule has 0 aliphatic heterocycles. The number of benzene rings is 1. The molecule has 4 heteroatoms. The van der Waals surface area contributed by atoms with E-state index in [1.807, 2.05) is 54.8 Å². The van der Waals surface area contributed by atoms with Crippen LogP contribution in [0, 0.1) is 6.92 Å². The fraction of sp³-hybridized carbons (Fsp3) is 0.0714. The Morgan fingerprint density at radius 1 is 0.833 bits per heavy atom. The number of hydrogen-bond acceptors (Lipinski definition) is 4. The van der Waals surface area contributed by atoms with Gasteiger partial charge in [-0.25, -0.2) is 15.0 Å². The average Bonchev–Trinajstić information content (AvgIpc) is 2.93. The molecule has 0 saturated carbocycles. The van der Waals surface area contributed by atoms with Crippen molar-refractivity contribution in [3.8, 4) is 22.1 Å². The van der Waals surface area contributed by atoms with Crippen LogP contribution in [0.25, 0.3) is 22.1 Å². The van der Waals surface area contributed by atoms with Crippen molar-refractivity contribution in [3.63, 3.8) is 0 Å². The smallest absolute Gasteiger partial charge is 0.173 e. The van der Waals surface area contributed by atoms with Crippen molar-refractivity contribution in [1.29, 1.82) is 0 Å². The third-order valence-corrected chi connectivity index (χ3v) is 3.39. The van der Waals surface area contributed by atoms with Crippen LogP contribution in [0.1, 0.15) is 5.82 Å². The molecule has 0 amide bonds. The zero-order chi connectivity index (χ0) is 12.4. The summed E-state index contributed by atoms with van der Waals surface area (Å²) in [6, 6.07) is 14.0. The fourth-order valence-corrected chi connectivity index (χ4v) is 2.37. The quantitative estimate of drug-likeness (QED) is 0.700. The predicted molar refractivity (Wildman–Crippen MR) is 73.3 cm³/mol. The van der Waals surface area contributed by atoms with E-state index in [1.165, 1.54) is 0 Å². The number of aromatic nitrogens is 3. The van der Waals surface area contributed by atoms with Crippen molar-refractivity contribution in [3.05, 3.63) is 53.7 Å². The topological polar surface area (TPSA) is 38.7 Å². The SMILES string of the molecule is Cc1nc(-c2ccccc2)nc(-c2cccs2)n1. The molecule has 0 N–H and O–H groups in total. The summed E-state index contributed by atoms with van der Waals surface area (Å²) >= 11 is 1.64. The van der Waals surface area contributed by atoms with Crippen LogP contribution in [0.4, 0.5) is 0 Å². The molecule has 0 atom stereocenters. The first kappa shape index (κ1) is 11.0. The summed E-state index contributed by atoms with van der Waals surface area (Å²) in [7, 11) is 0. The van der Waals surface area contributed by atoms with Gasteiger partial charge >= 0.3 is 0 Å². The Labute approximate surface area is 109 Å². The molecule has 0 saturated heterocycles. The summed E-state index contributed by atoms with van der Waals surface area (Å²) < 4.78 is 0. The first-order chi connectivity index (χ1) is 8.83. The number of hydrogen-bond donors (Lipinski definition) is 0. The highest BCUT2D eigenvalue weighted by molar-refractivity contribution is 7.13. The molecule has 2 heterocycles. The van der Waals surface area contributed by atoms with Crippen LogP contribution in [0.3, 0.4) is 0 Å². The molecule has 3 nitrogen and oxygen atoms in total. The zero-order valence-corrected chi connectivity index (χ0v) is 10.7. The Morgan fingerprint density at radius 2 is 1.61 bits per heavy atom. The van der Waals surface area contributed by atoms with E-state index in [2.05, 4.69) is 15.0 Å².